The maximum absolute atomic E-state index is 13.3. The molecule has 29 heavy (non-hydrogen) atoms. The lowest BCUT2D eigenvalue weighted by Gasteiger charge is -2.33. The predicted molar refractivity (Wildman–Crippen MR) is 112 cm³/mol. The van der Waals surface area contributed by atoms with Crippen molar-refractivity contribution in [1.29, 1.82) is 0 Å². The molecule has 1 saturated carbocycles. The fourth-order valence-electron chi connectivity index (χ4n) is 4.76. The van der Waals surface area contributed by atoms with Gasteiger partial charge in [0.1, 0.15) is 6.04 Å². The number of likely N-dealkylation sites (tertiary alicyclic amines) is 1. The van der Waals surface area contributed by atoms with Gasteiger partial charge in [0.05, 0.1) is 0 Å². The quantitative estimate of drug-likeness (QED) is 0.735. The largest absolute Gasteiger partial charge is 0.354 e. The average Bonchev–Trinajstić information content (AvgIpc) is 3.38. The molecule has 2 fully saturated rings. The number of rotatable bonds is 6. The number of hydrogen-bond acceptors (Lipinski definition) is 3. The molecule has 1 saturated heterocycles. The summed E-state index contributed by atoms with van der Waals surface area (Å²) in [6.45, 7) is 1.33. The lowest BCUT2D eigenvalue weighted by molar-refractivity contribution is -0.125. The summed E-state index contributed by atoms with van der Waals surface area (Å²) in [5.74, 6) is 0.278. The molecule has 2 heterocycles. The summed E-state index contributed by atoms with van der Waals surface area (Å²) in [4.78, 5) is 28.2. The molecule has 3 atom stereocenters. The normalized spacial score (nSPS) is 23.6. The van der Waals surface area contributed by atoms with Crippen LogP contribution in [-0.4, -0.2) is 45.1 Å². The Morgan fingerprint density at radius 1 is 1.21 bits per heavy atom. The van der Waals surface area contributed by atoms with Crippen LogP contribution in [0, 0.1) is 5.92 Å². The zero-order chi connectivity index (χ0) is 20.2. The summed E-state index contributed by atoms with van der Waals surface area (Å²) < 4.78 is 1.85. The summed E-state index contributed by atoms with van der Waals surface area (Å²) in [5.41, 5.74) is 0.556. The first-order chi connectivity index (χ1) is 14.1. The fraction of sp³-hybridized carbons (Fsp3) is 0.500. The predicted octanol–water partition coefficient (Wildman–Crippen LogP) is 3.52. The van der Waals surface area contributed by atoms with E-state index in [0.717, 1.165) is 38.6 Å². The van der Waals surface area contributed by atoms with Crippen LogP contribution in [0.5, 0.6) is 0 Å². The Kier molecular flexibility index (Phi) is 6.19. The van der Waals surface area contributed by atoms with Crippen molar-refractivity contribution in [3.05, 3.63) is 53.3 Å². The standard InChI is InChI=1S/C22H27ClN4O2/c23-18-8-3-7-17(14-18)22(29)27-19-9-2-1-6-16(19)15-20(27)21(28)24-10-4-12-26-13-5-11-25-26/h3,5,7-8,11,13-14,16,19-20H,1-2,4,6,9-10,12,15H2,(H,24,28)/t16-,19-,20+/m1/s1. The smallest absolute Gasteiger partial charge is 0.254 e. The van der Waals surface area contributed by atoms with Gasteiger partial charge < -0.3 is 10.2 Å². The van der Waals surface area contributed by atoms with Gasteiger partial charge in [-0.3, -0.25) is 14.3 Å². The van der Waals surface area contributed by atoms with Gasteiger partial charge in [0, 0.05) is 42.1 Å². The molecule has 6 nitrogen and oxygen atoms in total. The van der Waals surface area contributed by atoms with Gasteiger partial charge in [-0.25, -0.2) is 0 Å². The van der Waals surface area contributed by atoms with E-state index in [1.807, 2.05) is 21.8 Å². The molecule has 0 radical (unpaired) electrons. The highest BCUT2D eigenvalue weighted by Gasteiger charge is 2.47. The molecule has 2 aromatic rings. The minimum absolute atomic E-state index is 0.0461. The Labute approximate surface area is 176 Å². The lowest BCUT2D eigenvalue weighted by Crippen LogP contribution is -2.49. The van der Waals surface area contributed by atoms with E-state index in [1.54, 1.807) is 30.5 Å². The molecule has 1 aliphatic carbocycles. The molecule has 7 heteroatoms. The molecule has 1 aliphatic heterocycles. The summed E-state index contributed by atoms with van der Waals surface area (Å²) in [7, 11) is 0. The molecule has 0 bridgehead atoms. The van der Waals surface area contributed by atoms with Gasteiger partial charge in [0.2, 0.25) is 5.91 Å². The summed E-state index contributed by atoms with van der Waals surface area (Å²) in [6, 6.07) is 8.65. The summed E-state index contributed by atoms with van der Waals surface area (Å²) >= 11 is 6.10. The van der Waals surface area contributed by atoms with E-state index < -0.39 is 6.04 Å². The Bertz CT molecular complexity index is 854. The Hall–Kier alpha value is -2.34. The second-order valence-corrected chi connectivity index (χ2v) is 8.44. The molecule has 0 unspecified atom stereocenters. The van der Waals surface area contributed by atoms with Gasteiger partial charge in [-0.1, -0.05) is 30.5 Å². The van der Waals surface area contributed by atoms with Crippen LogP contribution in [0.4, 0.5) is 0 Å². The first-order valence-corrected chi connectivity index (χ1v) is 10.8. The molecule has 1 aromatic carbocycles. The minimum atomic E-state index is -0.403. The van der Waals surface area contributed by atoms with E-state index in [9.17, 15) is 9.59 Å². The van der Waals surface area contributed by atoms with Crippen molar-refractivity contribution in [2.24, 2.45) is 5.92 Å². The van der Waals surface area contributed by atoms with Gasteiger partial charge in [0.15, 0.2) is 0 Å². The van der Waals surface area contributed by atoms with Crippen molar-refractivity contribution in [2.45, 2.75) is 57.2 Å². The topological polar surface area (TPSA) is 67.2 Å². The number of hydrogen-bond donors (Lipinski definition) is 1. The number of aromatic nitrogens is 2. The van der Waals surface area contributed by atoms with Crippen LogP contribution in [0.3, 0.4) is 0 Å². The average molecular weight is 415 g/mol. The van der Waals surface area contributed by atoms with Crippen LogP contribution in [-0.2, 0) is 11.3 Å². The van der Waals surface area contributed by atoms with Gasteiger partial charge in [-0.15, -0.1) is 0 Å². The first kappa shape index (κ1) is 20.0. The molecule has 2 aliphatic rings. The highest BCUT2D eigenvalue weighted by Crippen LogP contribution is 2.40. The van der Waals surface area contributed by atoms with Crippen molar-refractivity contribution in [3.8, 4) is 0 Å². The monoisotopic (exact) mass is 414 g/mol. The maximum Gasteiger partial charge on any atom is 0.254 e. The van der Waals surface area contributed by atoms with Crippen molar-refractivity contribution in [2.75, 3.05) is 6.54 Å². The van der Waals surface area contributed by atoms with Crippen LogP contribution < -0.4 is 5.32 Å². The third-order valence-electron chi connectivity index (χ3n) is 6.12. The molecule has 1 N–H and O–H groups in total. The Morgan fingerprint density at radius 2 is 2.07 bits per heavy atom. The molecular weight excluding hydrogens is 388 g/mol. The summed E-state index contributed by atoms with van der Waals surface area (Å²) in [5, 5.41) is 7.76. The van der Waals surface area contributed by atoms with E-state index in [4.69, 9.17) is 11.6 Å². The zero-order valence-electron chi connectivity index (χ0n) is 16.5. The van der Waals surface area contributed by atoms with Gasteiger partial charge >= 0.3 is 0 Å². The van der Waals surface area contributed by atoms with E-state index in [0.29, 0.717) is 23.0 Å². The molecule has 2 amide bonds. The number of aryl methyl sites for hydroxylation is 1. The lowest BCUT2D eigenvalue weighted by atomic mass is 9.84. The number of fused-ring (bicyclic) bond motifs is 1. The van der Waals surface area contributed by atoms with E-state index in [2.05, 4.69) is 10.4 Å². The minimum Gasteiger partial charge on any atom is -0.354 e. The molecule has 4 rings (SSSR count). The molecule has 154 valence electrons. The zero-order valence-corrected chi connectivity index (χ0v) is 17.2. The number of carbonyl (C=O) groups is 2. The van der Waals surface area contributed by atoms with E-state index in [1.165, 1.54) is 6.42 Å². The fourth-order valence-corrected chi connectivity index (χ4v) is 4.95. The third kappa shape index (κ3) is 4.47. The van der Waals surface area contributed by atoms with Gasteiger partial charge in [-0.2, -0.15) is 5.10 Å². The van der Waals surface area contributed by atoms with Crippen LogP contribution in [0.2, 0.25) is 5.02 Å². The van der Waals surface area contributed by atoms with Gasteiger partial charge in [0.25, 0.3) is 5.91 Å². The number of nitrogens with one attached hydrogen (secondary N) is 1. The molecule has 0 spiro atoms. The SMILES string of the molecule is O=C(NCCCn1cccn1)[C@@H]1C[C@H]2CCCC[C@H]2N1C(=O)c1cccc(Cl)c1. The second kappa shape index (κ2) is 8.99. The number of halogens is 1. The second-order valence-electron chi connectivity index (χ2n) is 8.00. The Morgan fingerprint density at radius 3 is 2.86 bits per heavy atom. The van der Waals surface area contributed by atoms with Crippen LogP contribution in [0.25, 0.3) is 0 Å². The molecule has 1 aromatic heterocycles. The number of amides is 2. The third-order valence-corrected chi connectivity index (χ3v) is 6.35. The van der Waals surface area contributed by atoms with E-state index >= 15 is 0 Å². The summed E-state index contributed by atoms with van der Waals surface area (Å²) in [6.07, 6.45) is 9.56. The molecular formula is C22H27ClN4O2. The van der Waals surface area contributed by atoms with Crippen molar-refractivity contribution in [1.82, 2.24) is 20.0 Å². The maximum atomic E-state index is 13.3. The Balaban J connectivity index is 1.44. The van der Waals surface area contributed by atoms with Crippen molar-refractivity contribution >= 4 is 23.4 Å². The van der Waals surface area contributed by atoms with Crippen LogP contribution in [0.15, 0.2) is 42.7 Å². The van der Waals surface area contributed by atoms with E-state index in [-0.39, 0.29) is 17.9 Å². The van der Waals surface area contributed by atoms with Crippen molar-refractivity contribution < 1.29 is 9.59 Å². The number of carbonyl (C=O) groups excluding carboxylic acids is 2. The number of benzene rings is 1. The van der Waals surface area contributed by atoms with Crippen LogP contribution >= 0.6 is 11.6 Å². The number of nitrogens with zero attached hydrogens (tertiary/aromatic N) is 3. The first-order valence-electron chi connectivity index (χ1n) is 10.5. The van der Waals surface area contributed by atoms with Crippen molar-refractivity contribution in [3.63, 3.8) is 0 Å². The highest BCUT2D eigenvalue weighted by atomic mass is 35.5. The highest BCUT2D eigenvalue weighted by molar-refractivity contribution is 6.31. The van der Waals surface area contributed by atoms with Crippen LogP contribution in [0.1, 0.15) is 48.9 Å². The van der Waals surface area contributed by atoms with Gasteiger partial charge in [-0.05, 0) is 55.9 Å².